The van der Waals surface area contributed by atoms with Crippen molar-refractivity contribution in [2.75, 3.05) is 6.61 Å². The summed E-state index contributed by atoms with van der Waals surface area (Å²) in [6, 6.07) is 18.1. The van der Waals surface area contributed by atoms with Crippen molar-refractivity contribution in [3.05, 3.63) is 66.5 Å². The Kier molecular flexibility index (Phi) is 7.22. The fraction of sp³-hybridized carbons (Fsp3) is 0.364. The normalized spacial score (nSPS) is 12.4. The van der Waals surface area contributed by atoms with Gasteiger partial charge in [-0.15, -0.1) is 0 Å². The summed E-state index contributed by atoms with van der Waals surface area (Å²) in [5.41, 5.74) is 3.11. The van der Waals surface area contributed by atoms with E-state index in [4.69, 9.17) is 0 Å². The third-order valence-electron chi connectivity index (χ3n) is 4.85. The Hall–Kier alpha value is -2.37. The largest absolute Gasteiger partial charge is 1.00 e. The van der Waals surface area contributed by atoms with Gasteiger partial charge in [-0.05, 0) is 23.1 Å². The van der Waals surface area contributed by atoms with Crippen LogP contribution in [0.3, 0.4) is 0 Å². The molecule has 0 bridgehead atoms. The highest BCUT2D eigenvalue weighted by Gasteiger charge is 2.26. The van der Waals surface area contributed by atoms with Crippen molar-refractivity contribution in [3.8, 4) is 0 Å². The fourth-order valence-electron chi connectivity index (χ4n) is 3.21. The number of aromatic nitrogens is 2. The van der Waals surface area contributed by atoms with E-state index in [-0.39, 0.29) is 42.9 Å². The maximum absolute atomic E-state index is 12.6. The number of aliphatic hydroxyl groups excluding tert-OH is 1. The Morgan fingerprint density at radius 2 is 1.75 bits per heavy atom. The highest BCUT2D eigenvalue weighted by atomic mass is 35.5. The molecule has 0 fully saturated rings. The number of hydrogen-bond donors (Lipinski definition) is 2. The molecule has 0 saturated carbocycles. The number of nitrogens with zero attached hydrogens (tertiary/aromatic N) is 2. The first-order valence-electron chi connectivity index (χ1n) is 9.30. The molecule has 3 aromatic rings. The zero-order valence-corrected chi connectivity index (χ0v) is 17.4. The molecule has 2 N–H and O–H groups in total. The molecule has 1 aromatic heterocycles. The molecule has 1 heterocycles. The number of halogens is 1. The number of carbonyl (C=O) groups is 1. The molecule has 5 nitrogen and oxygen atoms in total. The molecule has 150 valence electrons. The second-order valence-corrected chi connectivity index (χ2v) is 8.01. The number of fused-ring (bicyclic) bond motifs is 1. The van der Waals surface area contributed by atoms with Crippen molar-refractivity contribution < 1.29 is 26.9 Å². The zero-order valence-electron chi connectivity index (χ0n) is 16.6. The molecule has 2 aromatic carbocycles. The Bertz CT molecular complexity index is 916. The first kappa shape index (κ1) is 21.9. The number of amides is 1. The summed E-state index contributed by atoms with van der Waals surface area (Å²) >= 11 is 0. The van der Waals surface area contributed by atoms with Crippen LogP contribution in [0, 0.1) is 5.41 Å². The Labute approximate surface area is 172 Å². The predicted molar refractivity (Wildman–Crippen MR) is 106 cm³/mol. The van der Waals surface area contributed by atoms with Crippen molar-refractivity contribution in [2.24, 2.45) is 5.41 Å². The number of hydrogen-bond acceptors (Lipinski definition) is 2. The number of aliphatic hydroxyl groups is 1. The quantitative estimate of drug-likeness (QED) is 0.547. The highest BCUT2D eigenvalue weighted by Crippen LogP contribution is 2.19. The zero-order chi connectivity index (χ0) is 19.4. The Morgan fingerprint density at radius 1 is 1.11 bits per heavy atom. The van der Waals surface area contributed by atoms with Crippen LogP contribution >= 0.6 is 0 Å². The van der Waals surface area contributed by atoms with E-state index in [2.05, 4.69) is 28.1 Å². The highest BCUT2D eigenvalue weighted by molar-refractivity contribution is 5.79. The lowest BCUT2D eigenvalue weighted by Crippen LogP contribution is -3.00. The molecular weight excluding hydrogens is 374 g/mol. The van der Waals surface area contributed by atoms with E-state index in [1.54, 1.807) is 0 Å². The van der Waals surface area contributed by atoms with Gasteiger partial charge in [-0.25, -0.2) is 9.13 Å². The maximum Gasteiger partial charge on any atom is 0.262 e. The summed E-state index contributed by atoms with van der Waals surface area (Å²) in [6.07, 6.45) is 1.99. The van der Waals surface area contributed by atoms with E-state index in [0.29, 0.717) is 0 Å². The van der Waals surface area contributed by atoms with Crippen LogP contribution in [0.25, 0.3) is 11.0 Å². The summed E-state index contributed by atoms with van der Waals surface area (Å²) in [7, 11) is 0. The van der Waals surface area contributed by atoms with Gasteiger partial charge >= 0.3 is 0 Å². The van der Waals surface area contributed by atoms with Gasteiger partial charge in [0.1, 0.15) is 6.54 Å². The van der Waals surface area contributed by atoms with Crippen LogP contribution in [0.15, 0.2) is 60.9 Å². The molecule has 6 heteroatoms. The first-order valence-corrected chi connectivity index (χ1v) is 9.30. The van der Waals surface area contributed by atoms with Gasteiger partial charge in [0.15, 0.2) is 17.6 Å². The Balaban J connectivity index is 0.00000280. The monoisotopic (exact) mass is 401 g/mol. The molecule has 0 aliphatic rings. The number of imidazole rings is 1. The van der Waals surface area contributed by atoms with Gasteiger partial charge < -0.3 is 22.8 Å². The number of carbonyl (C=O) groups excluding carboxylic acids is 1. The topological polar surface area (TPSA) is 58.1 Å². The molecule has 0 unspecified atom stereocenters. The summed E-state index contributed by atoms with van der Waals surface area (Å²) in [5, 5.41) is 12.6. The predicted octanol–water partition coefficient (Wildman–Crippen LogP) is -0.496. The van der Waals surface area contributed by atoms with Gasteiger partial charge in [-0.3, -0.25) is 4.79 Å². The van der Waals surface area contributed by atoms with Gasteiger partial charge in [0.05, 0.1) is 12.6 Å². The lowest BCUT2D eigenvalue weighted by molar-refractivity contribution is -0.663. The molecule has 28 heavy (non-hydrogen) atoms. The molecular formula is C22H28ClN3O2. The molecule has 0 spiro atoms. The summed E-state index contributed by atoms with van der Waals surface area (Å²) in [5.74, 6) is -0.100. The molecule has 0 saturated heterocycles. The van der Waals surface area contributed by atoms with Crippen molar-refractivity contribution >= 4 is 16.9 Å². The van der Waals surface area contributed by atoms with Crippen LogP contribution in [-0.2, 0) is 17.9 Å². The molecule has 0 aliphatic heterocycles. The number of rotatable bonds is 6. The molecule has 0 aliphatic carbocycles. The van der Waals surface area contributed by atoms with E-state index >= 15 is 0 Å². The average Bonchev–Trinajstić information content (AvgIpc) is 2.97. The van der Waals surface area contributed by atoms with Gasteiger partial charge in [-0.1, -0.05) is 63.2 Å². The van der Waals surface area contributed by atoms with Crippen LogP contribution in [0.1, 0.15) is 26.3 Å². The smallest absolute Gasteiger partial charge is 0.262 e. The lowest BCUT2D eigenvalue weighted by atomic mass is 9.87. The van der Waals surface area contributed by atoms with E-state index in [9.17, 15) is 9.90 Å². The third-order valence-corrected chi connectivity index (χ3v) is 4.85. The summed E-state index contributed by atoms with van der Waals surface area (Å²) < 4.78 is 4.12. The Morgan fingerprint density at radius 3 is 2.39 bits per heavy atom. The van der Waals surface area contributed by atoms with E-state index in [0.717, 1.165) is 17.6 Å². The van der Waals surface area contributed by atoms with Gasteiger partial charge in [0, 0.05) is 0 Å². The van der Waals surface area contributed by atoms with Crippen LogP contribution in [0.4, 0.5) is 0 Å². The molecule has 1 atom stereocenters. The van der Waals surface area contributed by atoms with Gasteiger partial charge in [-0.2, -0.15) is 0 Å². The molecule has 0 radical (unpaired) electrons. The molecule has 3 rings (SSSR count). The standard InChI is InChI=1S/C22H27N3O2.ClH/c1-22(2,3)20(15-26)23-21(27)14-25-16-24(13-17-9-5-4-6-10-17)18-11-7-8-12-19(18)25;/h4-12,16,20,26H,13-15H2,1-3H3;1H/t20-;/m1./s1. The second-order valence-electron chi connectivity index (χ2n) is 8.01. The third kappa shape index (κ3) is 5.12. The number of benzene rings is 2. The van der Waals surface area contributed by atoms with E-state index < -0.39 is 0 Å². The minimum Gasteiger partial charge on any atom is -1.00 e. The van der Waals surface area contributed by atoms with Crippen molar-refractivity contribution in [1.29, 1.82) is 0 Å². The maximum atomic E-state index is 12.6. The first-order chi connectivity index (χ1) is 12.9. The van der Waals surface area contributed by atoms with Crippen molar-refractivity contribution in [3.63, 3.8) is 0 Å². The lowest BCUT2D eigenvalue weighted by Gasteiger charge is -2.29. The number of para-hydroxylation sites is 2. The van der Waals surface area contributed by atoms with Crippen LogP contribution in [0.5, 0.6) is 0 Å². The van der Waals surface area contributed by atoms with Gasteiger partial charge in [0.2, 0.25) is 6.33 Å². The van der Waals surface area contributed by atoms with Crippen molar-refractivity contribution in [1.82, 2.24) is 9.88 Å². The minimum atomic E-state index is -0.275. The minimum absolute atomic E-state index is 0. The van der Waals surface area contributed by atoms with Crippen LogP contribution in [-0.4, -0.2) is 28.2 Å². The summed E-state index contributed by atoms with van der Waals surface area (Å²) in [4.78, 5) is 12.6. The SMILES string of the molecule is CC(C)(C)[C@@H](CO)NC(=O)Cn1c[n+](Cc2ccccc2)c2ccccc21.[Cl-]. The van der Waals surface area contributed by atoms with E-state index in [1.165, 1.54) is 5.56 Å². The van der Waals surface area contributed by atoms with Crippen molar-refractivity contribution in [2.45, 2.75) is 39.9 Å². The van der Waals surface area contributed by atoms with Gasteiger partial charge in [0.25, 0.3) is 5.91 Å². The van der Waals surface area contributed by atoms with Crippen LogP contribution in [0.2, 0.25) is 0 Å². The average molecular weight is 402 g/mol. The van der Waals surface area contributed by atoms with E-state index in [1.807, 2.05) is 68.1 Å². The molecule has 1 amide bonds. The fourth-order valence-corrected chi connectivity index (χ4v) is 3.21. The summed E-state index contributed by atoms with van der Waals surface area (Å²) in [6.45, 7) is 6.91. The number of nitrogens with one attached hydrogen (secondary N) is 1. The van der Waals surface area contributed by atoms with Crippen LogP contribution < -0.4 is 22.3 Å². The second kappa shape index (κ2) is 9.22.